The average molecular weight is 533 g/mol. The number of hydrogen-bond acceptors (Lipinski definition) is 5. The van der Waals surface area contributed by atoms with Crippen molar-refractivity contribution in [2.75, 3.05) is 24.6 Å². The SMILES string of the molecule is Cc1ccc(OCC(=O)O)cc1N1CC(CCN[C@H](C)c2cccc3ccccc23)Oc2ccccc21.Cl. The van der Waals surface area contributed by atoms with Crippen LogP contribution in [0.4, 0.5) is 11.4 Å². The molecule has 0 saturated heterocycles. The lowest BCUT2D eigenvalue weighted by atomic mass is 9.99. The van der Waals surface area contributed by atoms with Crippen LogP contribution in [-0.2, 0) is 4.79 Å². The standard InChI is InChI=1S/C31H32N2O4.ClH/c1-21-14-15-24(36-20-31(34)35)18-29(21)33-19-25(37-30-13-6-5-12-28(30)33)16-17-32-22(2)26-11-7-9-23-8-3-4-10-27(23)26;/h3-15,18,22,25,32H,16-17,19-20H2,1-2H3,(H,34,35);1H/t22-,25?;/m1./s1. The van der Waals surface area contributed by atoms with E-state index in [0.717, 1.165) is 35.7 Å². The van der Waals surface area contributed by atoms with Crippen molar-refractivity contribution in [1.29, 1.82) is 0 Å². The smallest absolute Gasteiger partial charge is 0.341 e. The molecular formula is C31H33ClN2O4. The summed E-state index contributed by atoms with van der Waals surface area (Å²) in [5.41, 5.74) is 4.36. The topological polar surface area (TPSA) is 71.0 Å². The van der Waals surface area contributed by atoms with E-state index < -0.39 is 5.97 Å². The van der Waals surface area contributed by atoms with Gasteiger partial charge < -0.3 is 24.8 Å². The van der Waals surface area contributed by atoms with Crippen LogP contribution < -0.4 is 19.7 Å². The number of carbonyl (C=O) groups is 1. The van der Waals surface area contributed by atoms with E-state index in [2.05, 4.69) is 72.6 Å². The zero-order chi connectivity index (χ0) is 25.8. The number of hydrogen-bond donors (Lipinski definition) is 2. The molecule has 1 aliphatic rings. The molecule has 4 aromatic rings. The lowest BCUT2D eigenvalue weighted by molar-refractivity contribution is -0.139. The number of halogens is 1. The third-order valence-corrected chi connectivity index (χ3v) is 6.88. The number of nitrogens with one attached hydrogen (secondary N) is 1. The molecule has 0 fully saturated rings. The van der Waals surface area contributed by atoms with Gasteiger partial charge in [0.15, 0.2) is 6.61 Å². The molecule has 0 amide bonds. The first kappa shape index (κ1) is 27.3. The fraction of sp³-hybridized carbons (Fsp3) is 0.258. The number of aliphatic carboxylic acids is 1. The molecule has 5 rings (SSSR count). The maximum Gasteiger partial charge on any atom is 0.341 e. The van der Waals surface area contributed by atoms with Crippen molar-refractivity contribution >= 4 is 40.5 Å². The van der Waals surface area contributed by atoms with E-state index in [4.69, 9.17) is 14.6 Å². The Balaban J connectivity index is 0.00000336. The van der Waals surface area contributed by atoms with E-state index in [-0.39, 0.29) is 31.2 Å². The second kappa shape index (κ2) is 12.2. The molecule has 0 bridgehead atoms. The van der Waals surface area contributed by atoms with Gasteiger partial charge in [-0.2, -0.15) is 0 Å². The molecule has 0 spiro atoms. The second-order valence-electron chi connectivity index (χ2n) is 9.48. The maximum absolute atomic E-state index is 11.0. The summed E-state index contributed by atoms with van der Waals surface area (Å²) in [6.45, 7) is 5.38. The van der Waals surface area contributed by atoms with Crippen molar-refractivity contribution in [1.82, 2.24) is 5.32 Å². The van der Waals surface area contributed by atoms with Crippen LogP contribution in [0.5, 0.6) is 11.5 Å². The summed E-state index contributed by atoms with van der Waals surface area (Å²) >= 11 is 0. The van der Waals surface area contributed by atoms with Gasteiger partial charge in [0.25, 0.3) is 0 Å². The predicted octanol–water partition coefficient (Wildman–Crippen LogP) is 6.67. The van der Waals surface area contributed by atoms with Crippen molar-refractivity contribution in [3.63, 3.8) is 0 Å². The van der Waals surface area contributed by atoms with Gasteiger partial charge in [0.1, 0.15) is 17.6 Å². The first-order valence-electron chi connectivity index (χ1n) is 12.7. The highest BCUT2D eigenvalue weighted by Crippen LogP contribution is 2.40. The lowest BCUT2D eigenvalue weighted by Gasteiger charge is -2.37. The molecule has 0 radical (unpaired) electrons. The molecule has 2 atom stereocenters. The summed E-state index contributed by atoms with van der Waals surface area (Å²) in [5, 5.41) is 15.2. The minimum absolute atomic E-state index is 0. The molecule has 7 heteroatoms. The highest BCUT2D eigenvalue weighted by atomic mass is 35.5. The lowest BCUT2D eigenvalue weighted by Crippen LogP contribution is -2.39. The molecule has 4 aromatic carbocycles. The van der Waals surface area contributed by atoms with E-state index >= 15 is 0 Å². The zero-order valence-electron chi connectivity index (χ0n) is 21.6. The molecule has 1 aliphatic heterocycles. The van der Waals surface area contributed by atoms with Gasteiger partial charge >= 0.3 is 5.97 Å². The van der Waals surface area contributed by atoms with Gasteiger partial charge in [0, 0.05) is 17.8 Å². The molecule has 6 nitrogen and oxygen atoms in total. The van der Waals surface area contributed by atoms with E-state index in [9.17, 15) is 4.79 Å². The maximum atomic E-state index is 11.0. The van der Waals surface area contributed by atoms with Gasteiger partial charge in [0.05, 0.1) is 12.2 Å². The fourth-order valence-electron chi connectivity index (χ4n) is 4.99. The number of benzene rings is 4. The van der Waals surface area contributed by atoms with Crippen molar-refractivity contribution in [2.24, 2.45) is 0 Å². The summed E-state index contributed by atoms with van der Waals surface area (Å²) in [5.74, 6) is 0.385. The summed E-state index contributed by atoms with van der Waals surface area (Å²) in [6, 6.07) is 28.9. The van der Waals surface area contributed by atoms with E-state index in [1.54, 1.807) is 0 Å². The van der Waals surface area contributed by atoms with Crippen LogP contribution in [0.15, 0.2) is 84.9 Å². The van der Waals surface area contributed by atoms with Crippen molar-refractivity contribution in [3.8, 4) is 11.5 Å². The summed E-state index contributed by atoms with van der Waals surface area (Å²) in [6.07, 6.45) is 0.832. The highest BCUT2D eigenvalue weighted by molar-refractivity contribution is 5.86. The van der Waals surface area contributed by atoms with Gasteiger partial charge in [-0.05, 0) is 66.9 Å². The number of para-hydroxylation sites is 2. The Labute approximate surface area is 229 Å². The Hall–Kier alpha value is -3.74. The van der Waals surface area contributed by atoms with Crippen LogP contribution in [0.25, 0.3) is 10.8 Å². The van der Waals surface area contributed by atoms with Crippen LogP contribution in [0.1, 0.15) is 30.5 Å². The molecule has 0 aliphatic carbocycles. The number of carboxylic acids is 1. The van der Waals surface area contributed by atoms with E-state index in [1.165, 1.54) is 16.3 Å². The van der Waals surface area contributed by atoms with Crippen LogP contribution in [0.2, 0.25) is 0 Å². The van der Waals surface area contributed by atoms with Gasteiger partial charge in [0.2, 0.25) is 0 Å². The fourth-order valence-corrected chi connectivity index (χ4v) is 4.99. The highest BCUT2D eigenvalue weighted by Gasteiger charge is 2.27. The monoisotopic (exact) mass is 532 g/mol. The van der Waals surface area contributed by atoms with Crippen LogP contribution >= 0.6 is 12.4 Å². The van der Waals surface area contributed by atoms with Crippen molar-refractivity contribution in [3.05, 3.63) is 96.1 Å². The normalized spacial score (nSPS) is 15.2. The van der Waals surface area contributed by atoms with E-state index in [0.29, 0.717) is 12.3 Å². The van der Waals surface area contributed by atoms with Crippen LogP contribution in [0, 0.1) is 6.92 Å². The molecule has 198 valence electrons. The Bertz CT molecular complexity index is 1400. The quantitative estimate of drug-likeness (QED) is 0.251. The van der Waals surface area contributed by atoms with Gasteiger partial charge in [-0.3, -0.25) is 0 Å². The van der Waals surface area contributed by atoms with Gasteiger partial charge in [-0.25, -0.2) is 4.79 Å². The van der Waals surface area contributed by atoms with Crippen LogP contribution in [-0.4, -0.2) is 36.9 Å². The van der Waals surface area contributed by atoms with Gasteiger partial charge in [-0.1, -0.05) is 60.7 Å². The molecule has 0 aromatic heterocycles. The molecule has 2 N–H and O–H groups in total. The minimum Gasteiger partial charge on any atom is -0.486 e. The number of fused-ring (bicyclic) bond motifs is 2. The van der Waals surface area contributed by atoms with E-state index in [1.807, 2.05) is 36.4 Å². The van der Waals surface area contributed by atoms with Crippen molar-refractivity contribution < 1.29 is 19.4 Å². The third-order valence-electron chi connectivity index (χ3n) is 6.88. The first-order chi connectivity index (χ1) is 18.0. The molecular weight excluding hydrogens is 500 g/mol. The number of anilines is 2. The Kier molecular flexibility index (Phi) is 8.77. The summed E-state index contributed by atoms with van der Waals surface area (Å²) in [4.78, 5) is 13.2. The predicted molar refractivity (Wildman–Crippen MR) is 154 cm³/mol. The zero-order valence-corrected chi connectivity index (χ0v) is 22.4. The molecule has 0 saturated carbocycles. The number of carboxylic acid groups (broad SMARTS) is 1. The second-order valence-corrected chi connectivity index (χ2v) is 9.48. The Morgan fingerprint density at radius 1 is 1.05 bits per heavy atom. The number of aryl methyl sites for hydroxylation is 1. The van der Waals surface area contributed by atoms with Crippen LogP contribution in [0.3, 0.4) is 0 Å². The van der Waals surface area contributed by atoms with Gasteiger partial charge in [-0.15, -0.1) is 12.4 Å². The Morgan fingerprint density at radius 3 is 2.66 bits per heavy atom. The number of nitrogens with zero attached hydrogens (tertiary/aromatic N) is 1. The largest absolute Gasteiger partial charge is 0.486 e. The molecule has 1 unspecified atom stereocenters. The number of ether oxygens (including phenoxy) is 2. The average Bonchev–Trinajstić information content (AvgIpc) is 2.91. The summed E-state index contributed by atoms with van der Waals surface area (Å²) < 4.78 is 11.9. The molecule has 1 heterocycles. The first-order valence-corrected chi connectivity index (χ1v) is 12.7. The molecule has 38 heavy (non-hydrogen) atoms. The number of rotatable bonds is 9. The van der Waals surface area contributed by atoms with Crippen molar-refractivity contribution in [2.45, 2.75) is 32.4 Å². The third kappa shape index (κ3) is 6.04. The summed E-state index contributed by atoms with van der Waals surface area (Å²) in [7, 11) is 0. The Morgan fingerprint density at radius 2 is 1.82 bits per heavy atom. The minimum atomic E-state index is -0.996.